The quantitative estimate of drug-likeness (QED) is 0.604. The summed E-state index contributed by atoms with van der Waals surface area (Å²) >= 11 is 7.94. The molecule has 10 heteroatoms. The van der Waals surface area contributed by atoms with Crippen molar-refractivity contribution in [1.29, 1.82) is 0 Å². The number of nitrogens with zero attached hydrogens (tertiary/aromatic N) is 3. The number of benzene rings is 1. The number of aromatic nitrogens is 1. The molecule has 3 heterocycles. The fourth-order valence-electron chi connectivity index (χ4n) is 3.34. The summed E-state index contributed by atoms with van der Waals surface area (Å²) in [6.07, 6.45) is 2.59. The number of carbonyl (C=O) groups is 1. The van der Waals surface area contributed by atoms with Gasteiger partial charge >= 0.3 is 0 Å². The molecule has 0 spiro atoms. The Labute approximate surface area is 190 Å². The van der Waals surface area contributed by atoms with Gasteiger partial charge in [-0.3, -0.25) is 4.79 Å². The number of hydrogen-bond donors (Lipinski definition) is 1. The standard InChI is InChI=1S/C21H21ClN4O3S2/c1-25(2)31(28,29)16-4-5-18(22)17(11-16)21(27)24-15-3-6-20(23-12-15)26-9-7-19-14(13-26)8-10-30-19/h3-6,8,10-12H,7,9,13H2,1-2H3,(H,24,27). The molecule has 0 radical (unpaired) electrons. The van der Waals surface area contributed by atoms with Crippen molar-refractivity contribution in [3.8, 4) is 0 Å². The van der Waals surface area contributed by atoms with E-state index in [0.29, 0.717) is 5.69 Å². The van der Waals surface area contributed by atoms with Crippen molar-refractivity contribution in [3.05, 3.63) is 69.0 Å². The average molecular weight is 477 g/mol. The Morgan fingerprint density at radius 2 is 2.03 bits per heavy atom. The number of nitrogens with one attached hydrogen (secondary N) is 1. The number of pyridine rings is 1. The van der Waals surface area contributed by atoms with E-state index in [9.17, 15) is 13.2 Å². The van der Waals surface area contributed by atoms with Gasteiger partial charge in [0, 0.05) is 32.1 Å². The zero-order chi connectivity index (χ0) is 22.2. The normalized spacial score (nSPS) is 13.9. The third-order valence-electron chi connectivity index (χ3n) is 5.10. The molecule has 1 N–H and O–H groups in total. The molecule has 0 unspecified atom stereocenters. The largest absolute Gasteiger partial charge is 0.352 e. The predicted molar refractivity (Wildman–Crippen MR) is 124 cm³/mol. The Morgan fingerprint density at radius 1 is 1.23 bits per heavy atom. The highest BCUT2D eigenvalue weighted by atomic mass is 35.5. The summed E-state index contributed by atoms with van der Waals surface area (Å²) in [5.41, 5.74) is 1.91. The van der Waals surface area contributed by atoms with Gasteiger partial charge in [-0.05, 0) is 53.8 Å². The van der Waals surface area contributed by atoms with E-state index in [-0.39, 0.29) is 15.5 Å². The number of sulfonamides is 1. The van der Waals surface area contributed by atoms with Crippen molar-refractivity contribution in [1.82, 2.24) is 9.29 Å². The van der Waals surface area contributed by atoms with Gasteiger partial charge in [0.15, 0.2) is 0 Å². The monoisotopic (exact) mass is 476 g/mol. The van der Waals surface area contributed by atoms with Gasteiger partial charge in [0.25, 0.3) is 5.91 Å². The van der Waals surface area contributed by atoms with E-state index in [0.717, 1.165) is 29.6 Å². The highest BCUT2D eigenvalue weighted by molar-refractivity contribution is 7.89. The van der Waals surface area contributed by atoms with Crippen LogP contribution in [0.25, 0.3) is 0 Å². The van der Waals surface area contributed by atoms with Crippen molar-refractivity contribution >= 4 is 50.4 Å². The molecule has 1 aliphatic heterocycles. The van der Waals surface area contributed by atoms with E-state index in [4.69, 9.17) is 11.6 Å². The molecular weight excluding hydrogens is 456 g/mol. The van der Waals surface area contributed by atoms with Gasteiger partial charge in [0.1, 0.15) is 5.82 Å². The Kier molecular flexibility index (Phi) is 6.02. The van der Waals surface area contributed by atoms with Gasteiger partial charge in [-0.15, -0.1) is 11.3 Å². The molecule has 1 amide bonds. The summed E-state index contributed by atoms with van der Waals surface area (Å²) in [7, 11) is -0.822. The van der Waals surface area contributed by atoms with E-state index in [1.54, 1.807) is 23.6 Å². The lowest BCUT2D eigenvalue weighted by Crippen LogP contribution is -2.30. The second-order valence-corrected chi connectivity index (χ2v) is 10.9. The summed E-state index contributed by atoms with van der Waals surface area (Å²) in [6.45, 7) is 1.72. The molecule has 4 rings (SSSR count). The lowest BCUT2D eigenvalue weighted by Gasteiger charge is -2.28. The summed E-state index contributed by atoms with van der Waals surface area (Å²) in [5.74, 6) is 0.336. The van der Waals surface area contributed by atoms with Crippen molar-refractivity contribution < 1.29 is 13.2 Å². The summed E-state index contributed by atoms with van der Waals surface area (Å²) in [5, 5.41) is 5.02. The minimum atomic E-state index is -3.68. The number of anilines is 2. The Bertz CT molecular complexity index is 1220. The number of hydrogen-bond acceptors (Lipinski definition) is 6. The second-order valence-electron chi connectivity index (χ2n) is 7.33. The first-order chi connectivity index (χ1) is 14.8. The van der Waals surface area contributed by atoms with Crippen LogP contribution in [0.2, 0.25) is 5.02 Å². The zero-order valence-electron chi connectivity index (χ0n) is 17.0. The minimum absolute atomic E-state index is 0.00146. The van der Waals surface area contributed by atoms with Crippen LogP contribution in [0.4, 0.5) is 11.5 Å². The van der Waals surface area contributed by atoms with Crippen molar-refractivity contribution in [3.63, 3.8) is 0 Å². The van der Waals surface area contributed by atoms with Crippen molar-refractivity contribution in [2.75, 3.05) is 30.9 Å². The predicted octanol–water partition coefficient (Wildman–Crippen LogP) is 3.86. The molecule has 0 bridgehead atoms. The average Bonchev–Trinajstić information content (AvgIpc) is 3.22. The van der Waals surface area contributed by atoms with Crippen LogP contribution in [0.3, 0.4) is 0 Å². The zero-order valence-corrected chi connectivity index (χ0v) is 19.4. The van der Waals surface area contributed by atoms with E-state index < -0.39 is 15.9 Å². The lowest BCUT2D eigenvalue weighted by atomic mass is 10.1. The van der Waals surface area contributed by atoms with Crippen LogP contribution in [-0.4, -0.2) is 44.3 Å². The molecule has 0 aliphatic carbocycles. The van der Waals surface area contributed by atoms with Crippen LogP contribution in [0.1, 0.15) is 20.8 Å². The molecule has 0 saturated heterocycles. The van der Waals surface area contributed by atoms with E-state index in [2.05, 4.69) is 26.6 Å². The summed E-state index contributed by atoms with van der Waals surface area (Å²) in [6, 6.07) is 9.85. The summed E-state index contributed by atoms with van der Waals surface area (Å²) < 4.78 is 25.8. The molecule has 0 saturated carbocycles. The van der Waals surface area contributed by atoms with Crippen LogP contribution in [-0.2, 0) is 23.0 Å². The molecular formula is C21H21ClN4O3S2. The molecule has 162 valence electrons. The second kappa shape index (κ2) is 8.58. The number of amides is 1. The van der Waals surface area contributed by atoms with Crippen LogP contribution in [0.5, 0.6) is 0 Å². The smallest absolute Gasteiger partial charge is 0.257 e. The molecule has 1 aromatic carbocycles. The van der Waals surface area contributed by atoms with E-state index in [1.807, 2.05) is 6.07 Å². The first-order valence-corrected chi connectivity index (χ1v) is 12.2. The maximum atomic E-state index is 12.7. The fraction of sp³-hybridized carbons (Fsp3) is 0.238. The lowest BCUT2D eigenvalue weighted by molar-refractivity contribution is 0.102. The molecule has 3 aromatic rings. The first kappa shape index (κ1) is 21.8. The molecule has 2 aromatic heterocycles. The highest BCUT2D eigenvalue weighted by Crippen LogP contribution is 2.28. The van der Waals surface area contributed by atoms with Gasteiger partial charge in [0.05, 0.1) is 27.4 Å². The number of fused-ring (bicyclic) bond motifs is 1. The number of thiophene rings is 1. The summed E-state index contributed by atoms with van der Waals surface area (Å²) in [4.78, 5) is 20.9. The minimum Gasteiger partial charge on any atom is -0.352 e. The topological polar surface area (TPSA) is 82.6 Å². The van der Waals surface area contributed by atoms with Crippen LogP contribution in [0, 0.1) is 0 Å². The third kappa shape index (κ3) is 4.45. The van der Waals surface area contributed by atoms with Gasteiger partial charge in [-0.2, -0.15) is 0 Å². The maximum Gasteiger partial charge on any atom is 0.257 e. The Hall–Kier alpha value is -2.46. The molecule has 0 fully saturated rings. The molecule has 1 aliphatic rings. The third-order valence-corrected chi connectivity index (χ3v) is 8.26. The number of rotatable bonds is 5. The molecule has 31 heavy (non-hydrogen) atoms. The Morgan fingerprint density at radius 3 is 2.74 bits per heavy atom. The number of carbonyl (C=O) groups excluding carboxylic acids is 1. The van der Waals surface area contributed by atoms with Gasteiger partial charge in [-0.1, -0.05) is 11.6 Å². The first-order valence-electron chi connectivity index (χ1n) is 9.55. The van der Waals surface area contributed by atoms with E-state index >= 15 is 0 Å². The highest BCUT2D eigenvalue weighted by Gasteiger charge is 2.21. The van der Waals surface area contributed by atoms with Crippen LogP contribution < -0.4 is 10.2 Å². The maximum absolute atomic E-state index is 12.7. The van der Waals surface area contributed by atoms with E-state index in [1.165, 1.54) is 42.7 Å². The number of halogens is 1. The SMILES string of the molecule is CN(C)S(=O)(=O)c1ccc(Cl)c(C(=O)Nc2ccc(N3CCc4sccc4C3)nc2)c1. The molecule has 7 nitrogen and oxygen atoms in total. The molecule has 0 atom stereocenters. The van der Waals surface area contributed by atoms with Crippen LogP contribution >= 0.6 is 22.9 Å². The Balaban J connectivity index is 1.49. The van der Waals surface area contributed by atoms with Gasteiger partial charge < -0.3 is 10.2 Å². The fourth-order valence-corrected chi connectivity index (χ4v) is 5.36. The van der Waals surface area contributed by atoms with Gasteiger partial charge in [-0.25, -0.2) is 17.7 Å². The van der Waals surface area contributed by atoms with Crippen molar-refractivity contribution in [2.45, 2.75) is 17.9 Å². The van der Waals surface area contributed by atoms with Crippen LogP contribution in [0.15, 0.2) is 52.9 Å². The van der Waals surface area contributed by atoms with Gasteiger partial charge in [0.2, 0.25) is 10.0 Å². The van der Waals surface area contributed by atoms with Crippen molar-refractivity contribution in [2.24, 2.45) is 0 Å².